The third-order valence-corrected chi connectivity index (χ3v) is 5.75. The van der Waals surface area contributed by atoms with E-state index in [1.54, 1.807) is 35.7 Å². The van der Waals surface area contributed by atoms with Crippen molar-refractivity contribution in [1.29, 1.82) is 0 Å². The molecule has 0 aliphatic carbocycles. The minimum atomic E-state index is -0.282. The zero-order valence-electron chi connectivity index (χ0n) is 10.9. The number of hydrogen-bond acceptors (Lipinski definition) is 4. The first kappa shape index (κ1) is 13.1. The Morgan fingerprint density at radius 3 is 2.81 bits per heavy atom. The predicted octanol–water partition coefficient (Wildman–Crippen LogP) is 5.67. The third-order valence-electron chi connectivity index (χ3n) is 3.37. The molecule has 6 heteroatoms. The molecule has 3 heterocycles. The maximum Gasteiger partial charge on any atom is 0.171 e. The molecular weight excluding hydrogens is 327 g/mol. The largest absolute Gasteiger partial charge is 0.227 e. The van der Waals surface area contributed by atoms with E-state index in [0.29, 0.717) is 27.4 Å². The molecular formula is C15H8ClFN2S2. The van der Waals surface area contributed by atoms with Gasteiger partial charge in [-0.05, 0) is 36.6 Å². The topological polar surface area (TPSA) is 25.8 Å². The molecule has 0 unspecified atom stereocenters. The van der Waals surface area contributed by atoms with Crippen molar-refractivity contribution in [3.8, 4) is 10.7 Å². The zero-order valence-corrected chi connectivity index (χ0v) is 13.2. The van der Waals surface area contributed by atoms with Gasteiger partial charge in [0.2, 0.25) is 0 Å². The average molecular weight is 335 g/mol. The Labute approximate surface area is 132 Å². The minimum Gasteiger partial charge on any atom is -0.227 e. The van der Waals surface area contributed by atoms with E-state index in [9.17, 15) is 4.39 Å². The van der Waals surface area contributed by atoms with Gasteiger partial charge in [-0.15, -0.1) is 22.7 Å². The van der Waals surface area contributed by atoms with Gasteiger partial charge >= 0.3 is 0 Å². The Morgan fingerprint density at radius 2 is 2.00 bits per heavy atom. The molecule has 0 fully saturated rings. The Balaban J connectivity index is 2.01. The molecule has 1 aromatic carbocycles. The van der Waals surface area contributed by atoms with Gasteiger partial charge in [0.15, 0.2) is 5.82 Å². The summed E-state index contributed by atoms with van der Waals surface area (Å²) in [5, 5.41) is 3.09. The standard InChI is InChI=1S/C15H8ClFN2S2/c1-7-9(17)3-2-8-13(7)18-15(19-14(8)16)12-6-11-10(21-12)4-5-20-11/h2-6H,1H3. The van der Waals surface area contributed by atoms with E-state index in [1.807, 2.05) is 0 Å². The number of hydrogen-bond donors (Lipinski definition) is 0. The van der Waals surface area contributed by atoms with E-state index in [-0.39, 0.29) is 5.82 Å². The maximum atomic E-state index is 13.7. The fraction of sp³-hybridized carbons (Fsp3) is 0.0667. The highest BCUT2D eigenvalue weighted by Gasteiger charge is 2.14. The van der Waals surface area contributed by atoms with Gasteiger partial charge in [-0.2, -0.15) is 0 Å². The molecule has 0 aliphatic heterocycles. The number of fused-ring (bicyclic) bond motifs is 2. The van der Waals surface area contributed by atoms with Gasteiger partial charge in [0.1, 0.15) is 11.0 Å². The summed E-state index contributed by atoms with van der Waals surface area (Å²) in [6, 6.07) is 7.14. The lowest BCUT2D eigenvalue weighted by molar-refractivity contribution is 0.620. The summed E-state index contributed by atoms with van der Waals surface area (Å²) in [4.78, 5) is 9.83. The number of rotatable bonds is 1. The molecule has 0 saturated heterocycles. The van der Waals surface area contributed by atoms with Crippen LogP contribution in [0.2, 0.25) is 5.15 Å². The number of nitrogens with zero attached hydrogens (tertiary/aromatic N) is 2. The summed E-state index contributed by atoms with van der Waals surface area (Å²) < 4.78 is 16.1. The first-order valence-corrected chi connectivity index (χ1v) is 8.30. The molecule has 0 N–H and O–H groups in total. The summed E-state index contributed by atoms with van der Waals surface area (Å²) in [5.41, 5.74) is 1.07. The van der Waals surface area contributed by atoms with Crippen LogP contribution in [0.15, 0.2) is 29.6 Å². The second-order valence-corrected chi connectivity index (χ2v) is 7.06. The van der Waals surface area contributed by atoms with Crippen molar-refractivity contribution < 1.29 is 4.39 Å². The SMILES string of the molecule is Cc1c(F)ccc2c(Cl)nc(-c3cc4sccc4s3)nc12. The molecule has 0 amide bonds. The van der Waals surface area contributed by atoms with E-state index >= 15 is 0 Å². The highest BCUT2D eigenvalue weighted by molar-refractivity contribution is 7.28. The Hall–Kier alpha value is -1.56. The van der Waals surface area contributed by atoms with Crippen LogP contribution in [0.3, 0.4) is 0 Å². The van der Waals surface area contributed by atoms with Crippen LogP contribution < -0.4 is 0 Å². The lowest BCUT2D eigenvalue weighted by Gasteiger charge is -2.06. The van der Waals surface area contributed by atoms with Crippen molar-refractivity contribution in [3.05, 3.63) is 46.2 Å². The first-order chi connectivity index (χ1) is 10.1. The lowest BCUT2D eigenvalue weighted by Crippen LogP contribution is -1.94. The number of halogens is 2. The molecule has 21 heavy (non-hydrogen) atoms. The Kier molecular flexibility index (Phi) is 2.96. The van der Waals surface area contributed by atoms with Gasteiger partial charge in [0.05, 0.1) is 10.4 Å². The summed E-state index contributed by atoms with van der Waals surface area (Å²) in [5.74, 6) is 0.268. The van der Waals surface area contributed by atoms with Crippen LogP contribution in [-0.2, 0) is 0 Å². The first-order valence-electron chi connectivity index (χ1n) is 6.23. The van der Waals surface area contributed by atoms with Crippen LogP contribution in [0.1, 0.15) is 5.56 Å². The molecule has 4 rings (SSSR count). The van der Waals surface area contributed by atoms with Gasteiger partial charge in [-0.1, -0.05) is 11.6 Å². The summed E-state index contributed by atoms with van der Waals surface area (Å²) in [6.07, 6.45) is 0. The normalized spacial score (nSPS) is 11.6. The molecule has 0 radical (unpaired) electrons. The van der Waals surface area contributed by atoms with Crippen molar-refractivity contribution >= 4 is 54.6 Å². The second-order valence-electron chi connectivity index (χ2n) is 4.67. The molecule has 0 aliphatic rings. The molecule has 0 spiro atoms. The number of thiophene rings is 2. The fourth-order valence-electron chi connectivity index (χ4n) is 2.26. The van der Waals surface area contributed by atoms with E-state index in [4.69, 9.17) is 11.6 Å². The van der Waals surface area contributed by atoms with Gasteiger partial charge in [-0.25, -0.2) is 14.4 Å². The van der Waals surface area contributed by atoms with Crippen molar-refractivity contribution in [2.75, 3.05) is 0 Å². The van der Waals surface area contributed by atoms with Gasteiger partial charge in [0.25, 0.3) is 0 Å². The Bertz CT molecular complexity index is 962. The molecule has 4 aromatic rings. The highest BCUT2D eigenvalue weighted by atomic mass is 35.5. The molecule has 0 saturated carbocycles. The second kappa shape index (κ2) is 4.73. The van der Waals surface area contributed by atoms with Gasteiger partial charge in [0, 0.05) is 20.3 Å². The molecule has 0 bridgehead atoms. The van der Waals surface area contributed by atoms with E-state index < -0.39 is 0 Å². The van der Waals surface area contributed by atoms with E-state index in [1.165, 1.54) is 15.5 Å². The predicted molar refractivity (Wildman–Crippen MR) is 87.9 cm³/mol. The minimum absolute atomic E-state index is 0.282. The van der Waals surface area contributed by atoms with Crippen LogP contribution in [0.4, 0.5) is 4.39 Å². The average Bonchev–Trinajstić information content (AvgIpc) is 3.04. The van der Waals surface area contributed by atoms with Crippen LogP contribution in [0.25, 0.3) is 31.0 Å². The fourth-order valence-corrected chi connectivity index (χ4v) is 4.53. The Morgan fingerprint density at radius 1 is 1.14 bits per heavy atom. The smallest absolute Gasteiger partial charge is 0.171 e. The van der Waals surface area contributed by atoms with Gasteiger partial charge < -0.3 is 0 Å². The quantitative estimate of drug-likeness (QED) is 0.419. The number of benzene rings is 1. The van der Waals surface area contributed by atoms with Crippen LogP contribution in [-0.4, -0.2) is 9.97 Å². The highest BCUT2D eigenvalue weighted by Crippen LogP contribution is 2.36. The third kappa shape index (κ3) is 2.04. The van der Waals surface area contributed by atoms with E-state index in [2.05, 4.69) is 27.5 Å². The van der Waals surface area contributed by atoms with Crippen molar-refractivity contribution in [3.63, 3.8) is 0 Å². The van der Waals surface area contributed by atoms with Gasteiger partial charge in [-0.3, -0.25) is 0 Å². The van der Waals surface area contributed by atoms with Crippen molar-refractivity contribution in [2.24, 2.45) is 0 Å². The van der Waals surface area contributed by atoms with Crippen LogP contribution in [0, 0.1) is 12.7 Å². The number of aryl methyl sites for hydroxylation is 1. The van der Waals surface area contributed by atoms with Crippen molar-refractivity contribution in [2.45, 2.75) is 6.92 Å². The molecule has 3 aromatic heterocycles. The monoisotopic (exact) mass is 334 g/mol. The van der Waals surface area contributed by atoms with Crippen LogP contribution in [0.5, 0.6) is 0 Å². The molecule has 2 nitrogen and oxygen atoms in total. The number of aromatic nitrogens is 2. The van der Waals surface area contributed by atoms with Crippen LogP contribution >= 0.6 is 34.3 Å². The van der Waals surface area contributed by atoms with E-state index in [0.717, 1.165) is 4.88 Å². The molecule has 0 atom stereocenters. The zero-order chi connectivity index (χ0) is 14.6. The summed E-state index contributed by atoms with van der Waals surface area (Å²) in [7, 11) is 0. The summed E-state index contributed by atoms with van der Waals surface area (Å²) >= 11 is 9.54. The maximum absolute atomic E-state index is 13.7. The molecule has 104 valence electrons. The van der Waals surface area contributed by atoms with Crippen molar-refractivity contribution in [1.82, 2.24) is 9.97 Å². The summed E-state index contributed by atoms with van der Waals surface area (Å²) in [6.45, 7) is 1.71. The lowest BCUT2D eigenvalue weighted by atomic mass is 10.1.